The Kier molecular flexibility index (Phi) is 4.84. The number of hydrogen-bond acceptors (Lipinski definition) is 2. The number of rotatable bonds is 6. The molecule has 0 bridgehead atoms. The number of piperidine rings is 1. The molecule has 1 N–H and O–H groups in total. The van der Waals surface area contributed by atoms with Crippen LogP contribution in [-0.4, -0.2) is 36.5 Å². The van der Waals surface area contributed by atoms with E-state index in [9.17, 15) is 4.79 Å². The normalized spacial score (nSPS) is 22.5. The van der Waals surface area contributed by atoms with Crippen LogP contribution in [0.25, 0.3) is 0 Å². The van der Waals surface area contributed by atoms with E-state index in [1.165, 1.54) is 38.5 Å². The zero-order valence-electron chi connectivity index (χ0n) is 11.1. The van der Waals surface area contributed by atoms with Crippen LogP contribution in [0.15, 0.2) is 0 Å². The van der Waals surface area contributed by atoms with Gasteiger partial charge in [-0.25, -0.2) is 0 Å². The molecule has 3 nitrogen and oxygen atoms in total. The molecule has 0 radical (unpaired) electrons. The van der Waals surface area contributed by atoms with Gasteiger partial charge in [0.1, 0.15) is 0 Å². The summed E-state index contributed by atoms with van der Waals surface area (Å²) < 4.78 is 0. The van der Waals surface area contributed by atoms with Gasteiger partial charge in [0.15, 0.2) is 0 Å². The molecule has 1 saturated carbocycles. The van der Waals surface area contributed by atoms with E-state index in [4.69, 9.17) is 0 Å². The molecular formula is C14H26N2O. The highest BCUT2D eigenvalue weighted by Gasteiger charge is 2.25. The summed E-state index contributed by atoms with van der Waals surface area (Å²) >= 11 is 0. The van der Waals surface area contributed by atoms with E-state index in [0.29, 0.717) is 18.5 Å². The van der Waals surface area contributed by atoms with E-state index in [2.05, 4.69) is 12.2 Å². The third-order valence-electron chi connectivity index (χ3n) is 4.06. The second-order valence-electron chi connectivity index (χ2n) is 5.61. The number of carbonyl (C=O) groups is 1. The summed E-state index contributed by atoms with van der Waals surface area (Å²) in [4.78, 5) is 14.0. The number of amides is 1. The van der Waals surface area contributed by atoms with Gasteiger partial charge in [-0.05, 0) is 38.0 Å². The van der Waals surface area contributed by atoms with Gasteiger partial charge in [0.05, 0.1) is 6.54 Å². The average molecular weight is 238 g/mol. The predicted octanol–water partition coefficient (Wildman–Crippen LogP) is 2.17. The van der Waals surface area contributed by atoms with Crippen molar-refractivity contribution < 1.29 is 4.79 Å². The van der Waals surface area contributed by atoms with Crippen molar-refractivity contribution in [3.63, 3.8) is 0 Å². The second-order valence-corrected chi connectivity index (χ2v) is 5.61. The predicted molar refractivity (Wildman–Crippen MR) is 69.9 cm³/mol. The minimum atomic E-state index is 0.305. The molecule has 2 fully saturated rings. The van der Waals surface area contributed by atoms with Gasteiger partial charge in [0.2, 0.25) is 5.91 Å². The van der Waals surface area contributed by atoms with Crippen molar-refractivity contribution in [2.75, 3.05) is 19.6 Å². The van der Waals surface area contributed by atoms with E-state index in [1.54, 1.807) is 0 Å². The molecule has 0 aromatic heterocycles. The maximum atomic E-state index is 12.0. The highest BCUT2D eigenvalue weighted by atomic mass is 16.2. The van der Waals surface area contributed by atoms with Crippen molar-refractivity contribution in [2.45, 2.75) is 57.9 Å². The number of nitrogens with zero attached hydrogens (tertiary/aromatic N) is 1. The fourth-order valence-electron chi connectivity index (χ4n) is 2.64. The summed E-state index contributed by atoms with van der Waals surface area (Å²) in [6, 6.07) is 0.552. The highest BCUT2D eigenvalue weighted by Crippen LogP contribution is 2.33. The molecule has 2 rings (SSSR count). The first-order valence-corrected chi connectivity index (χ1v) is 7.30. The zero-order chi connectivity index (χ0) is 12.1. The van der Waals surface area contributed by atoms with Gasteiger partial charge in [-0.15, -0.1) is 0 Å². The highest BCUT2D eigenvalue weighted by molar-refractivity contribution is 5.78. The molecule has 0 aromatic rings. The van der Waals surface area contributed by atoms with E-state index in [1.807, 2.05) is 4.90 Å². The standard InChI is InChI=1S/C14H26N2O/c1-2-13(10-12-6-7-12)15-11-14(17)16-8-4-3-5-9-16/h12-13,15H,2-11H2,1H3. The summed E-state index contributed by atoms with van der Waals surface area (Å²) in [5.74, 6) is 1.25. The first-order valence-electron chi connectivity index (χ1n) is 7.30. The Hall–Kier alpha value is -0.570. The largest absolute Gasteiger partial charge is 0.342 e. The Morgan fingerprint density at radius 1 is 1.29 bits per heavy atom. The minimum absolute atomic E-state index is 0.305. The van der Waals surface area contributed by atoms with Crippen molar-refractivity contribution >= 4 is 5.91 Å². The van der Waals surface area contributed by atoms with Gasteiger partial charge in [-0.1, -0.05) is 19.8 Å². The lowest BCUT2D eigenvalue weighted by atomic mass is 10.1. The number of hydrogen-bond donors (Lipinski definition) is 1. The lowest BCUT2D eigenvalue weighted by Crippen LogP contribution is -2.43. The summed E-state index contributed by atoms with van der Waals surface area (Å²) in [7, 11) is 0. The molecule has 1 heterocycles. The topological polar surface area (TPSA) is 32.3 Å². The molecule has 0 aromatic carbocycles. The summed E-state index contributed by atoms with van der Waals surface area (Å²) in [6.07, 6.45) is 8.87. The van der Waals surface area contributed by atoms with Crippen LogP contribution in [0, 0.1) is 5.92 Å². The smallest absolute Gasteiger partial charge is 0.236 e. The molecule has 1 unspecified atom stereocenters. The Bertz CT molecular complexity index is 245. The quantitative estimate of drug-likeness (QED) is 0.769. The van der Waals surface area contributed by atoms with Crippen LogP contribution in [0.1, 0.15) is 51.9 Å². The Labute approximate surface area is 105 Å². The van der Waals surface area contributed by atoms with E-state index in [0.717, 1.165) is 25.4 Å². The third-order valence-corrected chi connectivity index (χ3v) is 4.06. The molecular weight excluding hydrogens is 212 g/mol. The van der Waals surface area contributed by atoms with Crippen LogP contribution in [0.3, 0.4) is 0 Å². The first kappa shape index (κ1) is 12.9. The fourth-order valence-corrected chi connectivity index (χ4v) is 2.64. The fraction of sp³-hybridized carbons (Fsp3) is 0.929. The zero-order valence-corrected chi connectivity index (χ0v) is 11.1. The van der Waals surface area contributed by atoms with Gasteiger partial charge in [-0.2, -0.15) is 0 Å². The van der Waals surface area contributed by atoms with E-state index >= 15 is 0 Å². The molecule has 1 saturated heterocycles. The first-order chi connectivity index (χ1) is 8.29. The lowest BCUT2D eigenvalue weighted by Gasteiger charge is -2.27. The average Bonchev–Trinajstić information content (AvgIpc) is 3.19. The molecule has 1 aliphatic carbocycles. The van der Waals surface area contributed by atoms with Gasteiger partial charge >= 0.3 is 0 Å². The number of nitrogens with one attached hydrogen (secondary N) is 1. The molecule has 1 aliphatic heterocycles. The van der Waals surface area contributed by atoms with E-state index in [-0.39, 0.29) is 0 Å². The molecule has 0 spiro atoms. The summed E-state index contributed by atoms with van der Waals surface area (Å²) in [6.45, 7) is 4.70. The Balaban J connectivity index is 1.66. The van der Waals surface area contributed by atoms with Gasteiger partial charge < -0.3 is 10.2 Å². The molecule has 17 heavy (non-hydrogen) atoms. The Morgan fingerprint density at radius 3 is 2.59 bits per heavy atom. The van der Waals surface area contributed by atoms with Gasteiger partial charge in [0, 0.05) is 19.1 Å². The van der Waals surface area contributed by atoms with Crippen LogP contribution in [0.4, 0.5) is 0 Å². The van der Waals surface area contributed by atoms with E-state index < -0.39 is 0 Å². The van der Waals surface area contributed by atoms with Crippen LogP contribution >= 0.6 is 0 Å². The van der Waals surface area contributed by atoms with Crippen molar-refractivity contribution in [1.82, 2.24) is 10.2 Å². The van der Waals surface area contributed by atoms with Gasteiger partial charge in [-0.3, -0.25) is 4.79 Å². The van der Waals surface area contributed by atoms with Crippen LogP contribution < -0.4 is 5.32 Å². The monoisotopic (exact) mass is 238 g/mol. The molecule has 98 valence electrons. The molecule has 1 amide bonds. The minimum Gasteiger partial charge on any atom is -0.342 e. The molecule has 1 atom stereocenters. The number of likely N-dealkylation sites (tertiary alicyclic amines) is 1. The summed E-state index contributed by atoms with van der Waals surface area (Å²) in [5.41, 5.74) is 0. The van der Waals surface area contributed by atoms with Crippen molar-refractivity contribution in [1.29, 1.82) is 0 Å². The lowest BCUT2D eigenvalue weighted by molar-refractivity contribution is -0.131. The summed E-state index contributed by atoms with van der Waals surface area (Å²) in [5, 5.41) is 3.45. The van der Waals surface area contributed by atoms with Crippen molar-refractivity contribution in [3.05, 3.63) is 0 Å². The Morgan fingerprint density at radius 2 is 2.00 bits per heavy atom. The van der Waals surface area contributed by atoms with Gasteiger partial charge in [0.25, 0.3) is 0 Å². The SMILES string of the molecule is CCC(CC1CC1)NCC(=O)N1CCCCC1. The van der Waals surface area contributed by atoms with Crippen LogP contribution in [-0.2, 0) is 4.79 Å². The maximum absolute atomic E-state index is 12.0. The third kappa shape index (κ3) is 4.30. The molecule has 2 aliphatic rings. The molecule has 3 heteroatoms. The van der Waals surface area contributed by atoms with Crippen LogP contribution in [0.2, 0.25) is 0 Å². The van der Waals surface area contributed by atoms with Crippen molar-refractivity contribution in [3.8, 4) is 0 Å². The van der Waals surface area contributed by atoms with Crippen molar-refractivity contribution in [2.24, 2.45) is 5.92 Å². The second kappa shape index (κ2) is 6.39. The van der Waals surface area contributed by atoms with Crippen LogP contribution in [0.5, 0.6) is 0 Å². The maximum Gasteiger partial charge on any atom is 0.236 e. The number of carbonyl (C=O) groups excluding carboxylic acids is 1.